The Morgan fingerprint density at radius 2 is 0.867 bits per heavy atom. The summed E-state index contributed by atoms with van der Waals surface area (Å²) in [6.07, 6.45) is 4.06. The van der Waals surface area contributed by atoms with Crippen LogP contribution in [0.1, 0.15) is 97.8 Å². The van der Waals surface area contributed by atoms with Crippen LogP contribution in [-0.4, -0.2) is 120 Å². The van der Waals surface area contributed by atoms with E-state index in [1.54, 1.807) is 0 Å². The first kappa shape index (κ1) is 49.4. The summed E-state index contributed by atoms with van der Waals surface area (Å²) in [5.74, 6) is -7.31. The summed E-state index contributed by atoms with van der Waals surface area (Å²) in [6, 6.07) is 1.62. The van der Waals surface area contributed by atoms with Gasteiger partial charge in [0.25, 0.3) is 0 Å². The first-order valence-corrected chi connectivity index (χ1v) is 31.1. The molecular weight excluding hydrogens is 851 g/mol. The number of hydrogen-bond acceptors (Lipinski definition) is 15. The number of carbonyl (C=O) groups is 10. The molecule has 9 amide bonds. The third kappa shape index (κ3) is 12.2. The Labute approximate surface area is 355 Å². The van der Waals surface area contributed by atoms with Crippen LogP contribution in [0.15, 0.2) is 0 Å². The average Bonchev–Trinajstić information content (AvgIpc) is 3.69. The highest BCUT2D eigenvalue weighted by Crippen LogP contribution is 2.41. The number of likely N-dealkylation sites (tertiary alicyclic amines) is 3. The molecule has 4 aliphatic heterocycles. The lowest BCUT2D eigenvalue weighted by molar-refractivity contribution is -0.151. The quantitative estimate of drug-likeness (QED) is 0.111. The summed E-state index contributed by atoms with van der Waals surface area (Å²) in [7, 11) is -13.2. The summed E-state index contributed by atoms with van der Waals surface area (Å²) in [4.78, 5) is 126. The van der Waals surface area contributed by atoms with Gasteiger partial charge in [-0.15, -0.1) is 0 Å². The number of amides is 9. The zero-order valence-electron chi connectivity index (χ0n) is 35.9. The summed E-state index contributed by atoms with van der Waals surface area (Å²) in [5.41, 5.74) is 0. The normalized spacial score (nSPS) is 31.9. The third-order valence-electron chi connectivity index (χ3n) is 11.9. The Hall–Kier alpha value is -3.23. The van der Waals surface area contributed by atoms with Gasteiger partial charge in [-0.25, -0.2) is 14.7 Å². The van der Waals surface area contributed by atoms with Gasteiger partial charge >= 0.3 is 34.2 Å². The Morgan fingerprint density at radius 1 is 0.583 bits per heavy atom. The van der Waals surface area contributed by atoms with Crippen molar-refractivity contribution in [2.24, 2.45) is 23.7 Å². The molecule has 0 aromatic rings. The fourth-order valence-electron chi connectivity index (χ4n) is 9.21. The molecule has 0 aromatic carbocycles. The van der Waals surface area contributed by atoms with Crippen LogP contribution in [0.3, 0.4) is 0 Å². The lowest BCUT2D eigenvalue weighted by atomic mass is 10.0. The van der Waals surface area contributed by atoms with Crippen LogP contribution >= 0.6 is 0 Å². The second-order valence-corrected chi connectivity index (χ2v) is 31.8. The van der Waals surface area contributed by atoms with Crippen LogP contribution in [0.25, 0.3) is 0 Å². The zero-order chi connectivity index (χ0) is 44.8. The highest BCUT2D eigenvalue weighted by Gasteiger charge is 2.57. The minimum absolute atomic E-state index is 0.0723. The molecule has 60 heavy (non-hydrogen) atoms. The van der Waals surface area contributed by atoms with Gasteiger partial charge in [-0.05, 0) is 82.0 Å². The van der Waals surface area contributed by atoms with Gasteiger partial charge in [0.05, 0.1) is 0 Å². The van der Waals surface area contributed by atoms with Crippen LogP contribution in [0.4, 0.5) is 0 Å². The smallest absolute Gasteiger partial charge is 0.317 e. The average molecular weight is 912 g/mol. The number of aldehydes is 1. The SMILES string of the molecule is CC(=O)N1C(=O)CC(CCC[Si]2(C)O[Si](C)(CCCC(CO)CC=O)O[Si](C)(CCCC3CC(=O)N(C(C)=O)C3=O)O[Si](C)(CCCC3CC(=O)N(C(C)=O)C3=O)O2)C1=O. The maximum absolute atomic E-state index is 13.0. The lowest BCUT2D eigenvalue weighted by Crippen LogP contribution is -2.67. The van der Waals surface area contributed by atoms with Crippen molar-refractivity contribution in [1.82, 2.24) is 14.7 Å². The second-order valence-electron chi connectivity index (χ2n) is 17.4. The molecule has 1 N–H and O–H groups in total. The van der Waals surface area contributed by atoms with Gasteiger partial charge in [-0.2, -0.15) is 0 Å². The predicted molar refractivity (Wildman–Crippen MR) is 220 cm³/mol. The van der Waals surface area contributed by atoms with Crippen molar-refractivity contribution in [3.63, 3.8) is 0 Å². The molecule has 4 heterocycles. The summed E-state index contributed by atoms with van der Waals surface area (Å²) in [6.45, 7) is 11.0. The van der Waals surface area contributed by atoms with Gasteiger partial charge in [-0.1, -0.05) is 25.7 Å². The molecule has 0 saturated carbocycles. The van der Waals surface area contributed by atoms with Gasteiger partial charge in [-0.3, -0.25) is 43.2 Å². The van der Waals surface area contributed by atoms with E-state index in [1.165, 1.54) is 20.8 Å². The molecule has 6 unspecified atom stereocenters. The Kier molecular flexibility index (Phi) is 16.7. The number of hydrogen-bond donors (Lipinski definition) is 1. The highest BCUT2D eigenvalue weighted by molar-refractivity contribution is 6.93. The van der Waals surface area contributed by atoms with Crippen molar-refractivity contribution < 1.29 is 69.5 Å². The summed E-state index contributed by atoms with van der Waals surface area (Å²) < 4.78 is 28.8. The van der Waals surface area contributed by atoms with E-state index in [0.717, 1.165) is 6.29 Å². The van der Waals surface area contributed by atoms with Crippen LogP contribution in [0.5, 0.6) is 0 Å². The van der Waals surface area contributed by atoms with Crippen molar-refractivity contribution in [2.75, 3.05) is 6.61 Å². The molecule has 0 bridgehead atoms. The molecule has 6 atom stereocenters. The molecule has 4 saturated heterocycles. The molecule has 4 rings (SSSR count). The number of aliphatic hydroxyl groups is 1. The maximum atomic E-state index is 13.0. The first-order valence-electron chi connectivity index (χ1n) is 21.0. The number of nitrogens with zero attached hydrogens (tertiary/aromatic N) is 3. The molecule has 18 nitrogen and oxygen atoms in total. The molecule has 4 aliphatic rings. The van der Waals surface area contributed by atoms with E-state index in [1.807, 2.05) is 26.2 Å². The molecule has 22 heteroatoms. The monoisotopic (exact) mass is 911 g/mol. The van der Waals surface area contributed by atoms with Crippen LogP contribution < -0.4 is 0 Å². The summed E-state index contributed by atoms with van der Waals surface area (Å²) >= 11 is 0. The van der Waals surface area contributed by atoms with E-state index in [2.05, 4.69) is 0 Å². The van der Waals surface area contributed by atoms with Gasteiger partial charge in [0.15, 0.2) is 0 Å². The van der Waals surface area contributed by atoms with Crippen LogP contribution in [-0.2, 0) is 64.4 Å². The van der Waals surface area contributed by atoms with E-state index in [-0.39, 0.29) is 38.2 Å². The highest BCUT2D eigenvalue weighted by atomic mass is 28.5. The van der Waals surface area contributed by atoms with Crippen LogP contribution in [0, 0.1) is 23.7 Å². The maximum Gasteiger partial charge on any atom is 0.317 e. The van der Waals surface area contributed by atoms with E-state index in [9.17, 15) is 53.1 Å². The molecule has 0 aliphatic carbocycles. The molecule has 4 fully saturated rings. The van der Waals surface area contributed by atoms with Crippen molar-refractivity contribution in [3.8, 4) is 0 Å². The first-order chi connectivity index (χ1) is 28.0. The number of carbonyl (C=O) groups excluding carboxylic acids is 10. The van der Waals surface area contributed by atoms with Crippen molar-refractivity contribution in [3.05, 3.63) is 0 Å². The Bertz CT molecular complexity index is 1670. The molecule has 0 radical (unpaired) electrons. The predicted octanol–water partition coefficient (Wildman–Crippen LogP) is 3.44. The number of aliphatic hydroxyl groups excluding tert-OH is 1. The third-order valence-corrected chi connectivity index (χ3v) is 30.7. The van der Waals surface area contributed by atoms with Crippen molar-refractivity contribution in [1.29, 1.82) is 0 Å². The Balaban J connectivity index is 1.61. The fourth-order valence-corrected chi connectivity index (χ4v) is 32.6. The zero-order valence-corrected chi connectivity index (χ0v) is 39.9. The largest absolute Gasteiger partial charge is 0.416 e. The van der Waals surface area contributed by atoms with E-state index >= 15 is 0 Å². The fraction of sp³-hybridized carbons (Fsp3) is 0.737. The minimum Gasteiger partial charge on any atom is -0.416 e. The van der Waals surface area contributed by atoms with E-state index in [0.29, 0.717) is 90.2 Å². The lowest BCUT2D eigenvalue weighted by Gasteiger charge is -2.50. The standard InChI is InChI=1S/C38H61N3O15Si4/c1-26(44)39-33(47)22-30(36(39)50)13-9-19-58(5)53-57(4,18-8-12-29(25-43)16-17-42)54-59(6,20-10-14-31-23-34(48)40(27(2)45)37(31)51)56-60(7,55-58)21-11-15-32-24-35(49)41(28(3)46)38(32)52/h17,29-32,43H,8-16,18-25H2,1-7H3. The second kappa shape index (κ2) is 20.3. The molecule has 334 valence electrons. The van der Waals surface area contributed by atoms with E-state index in [4.69, 9.17) is 16.5 Å². The minimum atomic E-state index is -3.33. The van der Waals surface area contributed by atoms with Gasteiger partial charge in [0.1, 0.15) is 6.29 Å². The topological polar surface area (TPSA) is 238 Å². The molecule has 0 spiro atoms. The van der Waals surface area contributed by atoms with E-state index < -0.39 is 105 Å². The van der Waals surface area contributed by atoms with Gasteiger partial charge < -0.3 is 26.4 Å². The van der Waals surface area contributed by atoms with Gasteiger partial charge in [0, 0.05) is 70.8 Å². The van der Waals surface area contributed by atoms with Crippen molar-refractivity contribution >= 4 is 93.7 Å². The number of imide groups is 9. The molecule has 0 aromatic heterocycles. The van der Waals surface area contributed by atoms with Crippen molar-refractivity contribution in [2.45, 2.75) is 148 Å². The van der Waals surface area contributed by atoms with Gasteiger partial charge in [0.2, 0.25) is 53.2 Å². The Morgan fingerprint density at radius 3 is 1.10 bits per heavy atom. The molecular formula is C38H61N3O15Si4. The van der Waals surface area contributed by atoms with Crippen LogP contribution in [0.2, 0.25) is 50.4 Å². The summed E-state index contributed by atoms with van der Waals surface area (Å²) in [5, 5.41) is 9.89. The number of rotatable bonds is 19.